The molecule has 0 saturated carbocycles. The number of hydroxylamine groups is 1. The molecular formula is C15H15NO3. The van der Waals surface area contributed by atoms with Gasteiger partial charge in [0.25, 0.3) is 0 Å². The number of aliphatic hydroxyl groups is 1. The molecule has 4 heteroatoms. The molecule has 0 radical (unpaired) electrons. The lowest BCUT2D eigenvalue weighted by molar-refractivity contribution is -0.162. The van der Waals surface area contributed by atoms with Crippen molar-refractivity contribution >= 4 is 5.97 Å². The molecule has 0 heterocycles. The molecule has 2 aromatic rings. The van der Waals surface area contributed by atoms with Crippen molar-refractivity contribution in [1.82, 2.24) is 5.48 Å². The van der Waals surface area contributed by atoms with Crippen LogP contribution in [0.3, 0.4) is 0 Å². The highest BCUT2D eigenvalue weighted by atomic mass is 16.7. The Morgan fingerprint density at radius 1 is 1.05 bits per heavy atom. The van der Waals surface area contributed by atoms with Crippen LogP contribution >= 0.6 is 0 Å². The number of carbonyl (C=O) groups excluding carboxylic acids is 1. The fourth-order valence-electron chi connectivity index (χ4n) is 1.61. The maximum absolute atomic E-state index is 11.6. The predicted octanol–water partition coefficient (Wildman–Crippen LogP) is 1.97. The summed E-state index contributed by atoms with van der Waals surface area (Å²) in [6.45, 7) is 0.397. The zero-order valence-electron chi connectivity index (χ0n) is 10.3. The molecule has 1 atom stereocenters. The molecular weight excluding hydrogens is 242 g/mol. The van der Waals surface area contributed by atoms with Crippen LogP contribution in [0, 0.1) is 0 Å². The van der Waals surface area contributed by atoms with Gasteiger partial charge in [-0.25, -0.2) is 4.79 Å². The zero-order valence-corrected chi connectivity index (χ0v) is 10.3. The number of rotatable bonds is 5. The Morgan fingerprint density at radius 3 is 2.26 bits per heavy atom. The zero-order chi connectivity index (χ0) is 13.5. The minimum Gasteiger partial charge on any atom is -0.377 e. The van der Waals surface area contributed by atoms with Crippen LogP contribution in [-0.4, -0.2) is 11.1 Å². The van der Waals surface area contributed by atoms with Gasteiger partial charge in [0.15, 0.2) is 6.10 Å². The highest BCUT2D eigenvalue weighted by molar-refractivity contribution is 5.75. The maximum Gasteiger partial charge on any atom is 0.358 e. The van der Waals surface area contributed by atoms with E-state index in [1.54, 1.807) is 24.3 Å². The van der Waals surface area contributed by atoms with Crippen molar-refractivity contribution in [3.05, 3.63) is 71.8 Å². The van der Waals surface area contributed by atoms with E-state index >= 15 is 0 Å². The molecule has 0 fully saturated rings. The van der Waals surface area contributed by atoms with Gasteiger partial charge in [-0.3, -0.25) is 0 Å². The molecule has 2 N–H and O–H groups in total. The fourth-order valence-corrected chi connectivity index (χ4v) is 1.61. The van der Waals surface area contributed by atoms with E-state index in [1.165, 1.54) is 0 Å². The van der Waals surface area contributed by atoms with Gasteiger partial charge in [0.2, 0.25) is 0 Å². The molecule has 98 valence electrons. The van der Waals surface area contributed by atoms with E-state index in [-0.39, 0.29) is 0 Å². The highest BCUT2D eigenvalue weighted by Crippen LogP contribution is 2.13. The molecule has 0 saturated heterocycles. The Labute approximate surface area is 111 Å². The molecule has 0 aliphatic carbocycles. The lowest BCUT2D eigenvalue weighted by Gasteiger charge is -2.11. The van der Waals surface area contributed by atoms with Gasteiger partial charge in [0.1, 0.15) is 0 Å². The SMILES string of the molecule is O=C(ONCc1ccccc1)[C@H](O)c1ccccc1. The van der Waals surface area contributed by atoms with Gasteiger partial charge >= 0.3 is 5.97 Å². The van der Waals surface area contributed by atoms with E-state index in [2.05, 4.69) is 5.48 Å². The third-order valence-corrected chi connectivity index (χ3v) is 2.63. The minimum atomic E-state index is -1.27. The first-order chi connectivity index (χ1) is 9.27. The van der Waals surface area contributed by atoms with E-state index in [4.69, 9.17) is 4.84 Å². The predicted molar refractivity (Wildman–Crippen MR) is 70.8 cm³/mol. The van der Waals surface area contributed by atoms with E-state index < -0.39 is 12.1 Å². The molecule has 0 aromatic heterocycles. The highest BCUT2D eigenvalue weighted by Gasteiger charge is 2.18. The van der Waals surface area contributed by atoms with Crippen molar-refractivity contribution in [2.45, 2.75) is 12.6 Å². The summed E-state index contributed by atoms with van der Waals surface area (Å²) < 4.78 is 0. The van der Waals surface area contributed by atoms with Crippen LogP contribution in [0.15, 0.2) is 60.7 Å². The summed E-state index contributed by atoms with van der Waals surface area (Å²) in [4.78, 5) is 16.4. The van der Waals surface area contributed by atoms with Gasteiger partial charge < -0.3 is 9.94 Å². The number of carbonyl (C=O) groups is 1. The molecule has 0 unspecified atom stereocenters. The molecule has 0 bridgehead atoms. The van der Waals surface area contributed by atoms with Gasteiger partial charge in [-0.15, -0.1) is 5.48 Å². The summed E-state index contributed by atoms with van der Waals surface area (Å²) >= 11 is 0. The first kappa shape index (κ1) is 13.3. The van der Waals surface area contributed by atoms with Crippen molar-refractivity contribution in [1.29, 1.82) is 0 Å². The van der Waals surface area contributed by atoms with Gasteiger partial charge in [-0.1, -0.05) is 60.7 Å². The Bertz CT molecular complexity index is 513. The maximum atomic E-state index is 11.6. The van der Waals surface area contributed by atoms with Crippen molar-refractivity contribution < 1.29 is 14.7 Å². The largest absolute Gasteiger partial charge is 0.377 e. The van der Waals surface area contributed by atoms with Crippen molar-refractivity contribution in [3.63, 3.8) is 0 Å². The van der Waals surface area contributed by atoms with Crippen molar-refractivity contribution in [2.75, 3.05) is 0 Å². The smallest absolute Gasteiger partial charge is 0.358 e. The van der Waals surface area contributed by atoms with E-state index in [0.717, 1.165) is 5.56 Å². The molecule has 0 aliphatic heterocycles. The quantitative estimate of drug-likeness (QED) is 0.804. The number of benzene rings is 2. The normalized spacial score (nSPS) is 11.8. The summed E-state index contributed by atoms with van der Waals surface area (Å²) in [7, 11) is 0. The van der Waals surface area contributed by atoms with E-state index in [9.17, 15) is 9.90 Å². The second-order valence-electron chi connectivity index (χ2n) is 4.04. The summed E-state index contributed by atoms with van der Waals surface area (Å²) in [6.07, 6.45) is -1.27. The van der Waals surface area contributed by atoms with E-state index in [1.807, 2.05) is 36.4 Å². The first-order valence-corrected chi connectivity index (χ1v) is 5.98. The molecule has 19 heavy (non-hydrogen) atoms. The second-order valence-corrected chi connectivity index (χ2v) is 4.04. The molecule has 2 rings (SSSR count). The van der Waals surface area contributed by atoms with Gasteiger partial charge in [-0.2, -0.15) is 0 Å². The summed E-state index contributed by atoms with van der Waals surface area (Å²) in [5, 5.41) is 9.77. The lowest BCUT2D eigenvalue weighted by atomic mass is 10.1. The molecule has 2 aromatic carbocycles. The monoisotopic (exact) mass is 257 g/mol. The lowest BCUT2D eigenvalue weighted by Crippen LogP contribution is -2.24. The molecule has 0 aliphatic rings. The van der Waals surface area contributed by atoms with Gasteiger partial charge in [0.05, 0.1) is 6.54 Å². The molecule has 4 nitrogen and oxygen atoms in total. The Morgan fingerprint density at radius 2 is 1.63 bits per heavy atom. The van der Waals surface area contributed by atoms with Crippen molar-refractivity contribution in [2.24, 2.45) is 0 Å². The summed E-state index contributed by atoms with van der Waals surface area (Å²) in [5.41, 5.74) is 4.04. The Hall–Kier alpha value is -2.17. The Balaban J connectivity index is 1.82. The van der Waals surface area contributed by atoms with Crippen LogP contribution in [0.25, 0.3) is 0 Å². The van der Waals surface area contributed by atoms with Crippen LogP contribution < -0.4 is 5.48 Å². The van der Waals surface area contributed by atoms with E-state index in [0.29, 0.717) is 12.1 Å². The summed E-state index contributed by atoms with van der Waals surface area (Å²) in [5.74, 6) is -0.720. The van der Waals surface area contributed by atoms with Gasteiger partial charge in [-0.05, 0) is 11.1 Å². The van der Waals surface area contributed by atoms with Crippen LogP contribution in [0.5, 0.6) is 0 Å². The number of aliphatic hydroxyl groups excluding tert-OH is 1. The average molecular weight is 257 g/mol. The number of nitrogens with one attached hydrogen (secondary N) is 1. The number of hydrogen-bond donors (Lipinski definition) is 2. The van der Waals surface area contributed by atoms with Crippen LogP contribution in [0.1, 0.15) is 17.2 Å². The average Bonchev–Trinajstić information content (AvgIpc) is 2.48. The van der Waals surface area contributed by atoms with Crippen molar-refractivity contribution in [3.8, 4) is 0 Å². The second kappa shape index (κ2) is 6.68. The summed E-state index contributed by atoms with van der Waals surface area (Å²) in [6, 6.07) is 18.2. The Kier molecular flexibility index (Phi) is 4.66. The van der Waals surface area contributed by atoms with Crippen LogP contribution in [-0.2, 0) is 16.2 Å². The fraction of sp³-hybridized carbons (Fsp3) is 0.133. The van der Waals surface area contributed by atoms with Gasteiger partial charge in [0, 0.05) is 0 Å². The number of hydrogen-bond acceptors (Lipinski definition) is 4. The molecule has 0 amide bonds. The van der Waals surface area contributed by atoms with Crippen LogP contribution in [0.4, 0.5) is 0 Å². The third-order valence-electron chi connectivity index (χ3n) is 2.63. The third kappa shape index (κ3) is 3.91. The molecule has 0 spiro atoms. The topological polar surface area (TPSA) is 58.6 Å². The van der Waals surface area contributed by atoms with Crippen LogP contribution in [0.2, 0.25) is 0 Å². The first-order valence-electron chi connectivity index (χ1n) is 5.98. The minimum absolute atomic E-state index is 0.397. The standard InChI is InChI=1S/C15H15NO3/c17-14(13-9-5-2-6-10-13)15(18)19-16-11-12-7-3-1-4-8-12/h1-10,14,16-17H,11H2/t14-/m1/s1.